The Morgan fingerprint density at radius 2 is 1.69 bits per heavy atom. The monoisotopic (exact) mass is 512 g/mol. The second kappa shape index (κ2) is 11.9. The van der Waals surface area contributed by atoms with Gasteiger partial charge < -0.3 is 14.4 Å². The van der Waals surface area contributed by atoms with Crippen LogP contribution in [-0.2, 0) is 9.59 Å². The normalized spacial score (nSPS) is 11.0. The lowest BCUT2D eigenvalue weighted by Gasteiger charge is -2.25. The number of halogens is 1. The minimum Gasteiger partial charge on any atom is -0.493 e. The Hall–Kier alpha value is -3.52. The number of ether oxygens (including phenoxy) is 2. The lowest BCUT2D eigenvalue weighted by Crippen LogP contribution is -2.42. The zero-order chi connectivity index (χ0) is 26.4. The Balaban J connectivity index is 1.98. The number of amides is 2. The Labute approximate surface area is 217 Å². The zero-order valence-electron chi connectivity index (χ0n) is 21.5. The lowest BCUT2D eigenvalue weighted by molar-refractivity contribution is -0.138. The molecule has 2 amide bonds. The smallest absolute Gasteiger partial charge is 0.246 e. The van der Waals surface area contributed by atoms with Gasteiger partial charge in [-0.1, -0.05) is 51.4 Å². The minimum atomic E-state index is -0.334. The topological polar surface area (TPSA) is 85.7 Å². The first-order valence-electron chi connectivity index (χ1n) is 11.8. The molecule has 0 aliphatic carbocycles. The predicted octanol–water partition coefficient (Wildman–Crippen LogP) is 5.29. The second-order valence-corrected chi connectivity index (χ2v) is 9.62. The number of nitrogens with one attached hydrogen (secondary N) is 1. The molecule has 0 atom stereocenters. The van der Waals surface area contributed by atoms with E-state index in [-0.39, 0.29) is 30.2 Å². The minimum absolute atomic E-state index is 0.0652. The summed E-state index contributed by atoms with van der Waals surface area (Å²) in [4.78, 5) is 32.1. The molecular formula is C27H33ClN4O4. The summed E-state index contributed by atoms with van der Waals surface area (Å²) < 4.78 is 12.6. The fourth-order valence-electron chi connectivity index (χ4n) is 3.78. The summed E-state index contributed by atoms with van der Waals surface area (Å²) in [5.74, 6) is 1.07. The average Bonchev–Trinajstić information content (AvgIpc) is 3.26. The molecule has 0 saturated carbocycles. The average molecular weight is 513 g/mol. The summed E-state index contributed by atoms with van der Waals surface area (Å²) in [5.41, 5.74) is 2.20. The van der Waals surface area contributed by atoms with Crippen LogP contribution in [0.5, 0.6) is 11.5 Å². The van der Waals surface area contributed by atoms with Crippen molar-refractivity contribution in [1.29, 1.82) is 0 Å². The fraction of sp³-hybridized carbons (Fsp3) is 0.370. The summed E-state index contributed by atoms with van der Waals surface area (Å²) in [7, 11) is 3.13. The molecule has 3 aromatic rings. The van der Waals surface area contributed by atoms with Gasteiger partial charge in [0.2, 0.25) is 17.8 Å². The van der Waals surface area contributed by atoms with Gasteiger partial charge in [0.15, 0.2) is 11.5 Å². The van der Waals surface area contributed by atoms with Crippen molar-refractivity contribution in [1.82, 2.24) is 14.5 Å². The van der Waals surface area contributed by atoms with E-state index in [9.17, 15) is 9.59 Å². The third kappa shape index (κ3) is 6.57. The van der Waals surface area contributed by atoms with Crippen LogP contribution in [0, 0.1) is 11.8 Å². The van der Waals surface area contributed by atoms with E-state index in [1.807, 2.05) is 52.1 Å². The molecule has 0 saturated heterocycles. The number of hydrogen-bond donors (Lipinski definition) is 1. The Bertz CT molecular complexity index is 1200. The highest BCUT2D eigenvalue weighted by Gasteiger charge is 2.22. The summed E-state index contributed by atoms with van der Waals surface area (Å²) in [6, 6.07) is 12.7. The number of imidazole rings is 1. The van der Waals surface area contributed by atoms with E-state index in [1.54, 1.807) is 48.0 Å². The molecule has 0 radical (unpaired) electrons. The molecule has 1 N–H and O–H groups in total. The second-order valence-electron chi connectivity index (χ2n) is 9.18. The molecule has 3 rings (SSSR count). The fourth-order valence-corrected chi connectivity index (χ4v) is 3.90. The van der Waals surface area contributed by atoms with E-state index in [1.165, 1.54) is 0 Å². The van der Waals surface area contributed by atoms with E-state index < -0.39 is 0 Å². The molecule has 0 aliphatic rings. The van der Waals surface area contributed by atoms with Crippen molar-refractivity contribution in [2.24, 2.45) is 11.8 Å². The summed E-state index contributed by atoms with van der Waals surface area (Å²) in [6.45, 7) is 8.11. The predicted molar refractivity (Wildman–Crippen MR) is 142 cm³/mol. The molecular weight excluding hydrogens is 480 g/mol. The van der Waals surface area contributed by atoms with Crippen LogP contribution in [0.3, 0.4) is 0 Å². The largest absolute Gasteiger partial charge is 0.493 e. The summed E-state index contributed by atoms with van der Waals surface area (Å²) >= 11 is 6.05. The number of carbonyl (C=O) groups excluding carboxylic acids is 2. The highest BCUT2D eigenvalue weighted by molar-refractivity contribution is 6.30. The van der Waals surface area contributed by atoms with Gasteiger partial charge in [0, 0.05) is 35.3 Å². The van der Waals surface area contributed by atoms with Crippen LogP contribution in [0.15, 0.2) is 48.7 Å². The van der Waals surface area contributed by atoms with E-state index in [0.717, 1.165) is 5.56 Å². The van der Waals surface area contributed by atoms with E-state index >= 15 is 0 Å². The number of nitrogens with zero attached hydrogens (tertiary/aromatic N) is 3. The number of anilines is 1. The maximum absolute atomic E-state index is 13.1. The maximum Gasteiger partial charge on any atom is 0.246 e. The number of benzene rings is 2. The molecule has 0 bridgehead atoms. The van der Waals surface area contributed by atoms with Crippen LogP contribution in [0.4, 0.5) is 5.95 Å². The number of carbonyl (C=O) groups is 2. The number of hydrogen-bond acceptors (Lipinski definition) is 5. The standard InChI is InChI=1S/C27H33ClN4O4/c1-17(2)14-31(26(34)18(3)4)16-25(33)30-27-29-22(19-7-9-20(28)10-8-19)15-32(27)21-11-12-23(35-5)24(13-21)36-6/h7-13,15,17-18H,14,16H2,1-6H3,(H,29,30,33). The van der Waals surface area contributed by atoms with Gasteiger partial charge in [-0.05, 0) is 30.2 Å². The molecule has 0 fully saturated rings. The zero-order valence-corrected chi connectivity index (χ0v) is 22.3. The Morgan fingerprint density at radius 3 is 2.28 bits per heavy atom. The van der Waals surface area contributed by atoms with Crippen LogP contribution in [0.25, 0.3) is 16.9 Å². The van der Waals surface area contributed by atoms with Gasteiger partial charge in [-0.3, -0.25) is 19.5 Å². The van der Waals surface area contributed by atoms with Crippen molar-refractivity contribution in [2.75, 3.05) is 32.6 Å². The van der Waals surface area contributed by atoms with Gasteiger partial charge in [0.05, 0.1) is 32.1 Å². The number of aromatic nitrogens is 2. The van der Waals surface area contributed by atoms with Crippen molar-refractivity contribution in [3.63, 3.8) is 0 Å². The van der Waals surface area contributed by atoms with Crippen LogP contribution < -0.4 is 14.8 Å². The molecule has 2 aromatic carbocycles. The lowest BCUT2D eigenvalue weighted by atomic mass is 10.1. The molecule has 9 heteroatoms. The number of methoxy groups -OCH3 is 2. The number of rotatable bonds is 10. The quantitative estimate of drug-likeness (QED) is 0.399. The van der Waals surface area contributed by atoms with Gasteiger partial charge in [-0.2, -0.15) is 0 Å². The first kappa shape index (κ1) is 27.1. The van der Waals surface area contributed by atoms with Gasteiger partial charge in [0.1, 0.15) is 0 Å². The third-order valence-electron chi connectivity index (χ3n) is 5.47. The van der Waals surface area contributed by atoms with Gasteiger partial charge in [-0.15, -0.1) is 0 Å². The molecule has 8 nitrogen and oxygen atoms in total. The summed E-state index contributed by atoms with van der Waals surface area (Å²) in [5, 5.41) is 3.51. The van der Waals surface area contributed by atoms with Crippen molar-refractivity contribution >= 4 is 29.4 Å². The van der Waals surface area contributed by atoms with Crippen molar-refractivity contribution in [3.8, 4) is 28.4 Å². The molecule has 0 aliphatic heterocycles. The van der Waals surface area contributed by atoms with Crippen LogP contribution >= 0.6 is 11.6 Å². The first-order chi connectivity index (χ1) is 17.1. The van der Waals surface area contributed by atoms with Crippen molar-refractivity contribution in [3.05, 3.63) is 53.7 Å². The Kier molecular flexibility index (Phi) is 8.98. The van der Waals surface area contributed by atoms with Gasteiger partial charge >= 0.3 is 0 Å². The van der Waals surface area contributed by atoms with E-state index in [4.69, 9.17) is 21.1 Å². The van der Waals surface area contributed by atoms with Gasteiger partial charge in [-0.25, -0.2) is 4.98 Å². The first-order valence-corrected chi connectivity index (χ1v) is 12.2. The van der Waals surface area contributed by atoms with Gasteiger partial charge in [0.25, 0.3) is 0 Å². The van der Waals surface area contributed by atoms with Crippen LogP contribution in [0.2, 0.25) is 5.02 Å². The van der Waals surface area contributed by atoms with Crippen molar-refractivity contribution < 1.29 is 19.1 Å². The molecule has 1 heterocycles. The highest BCUT2D eigenvalue weighted by atomic mass is 35.5. The molecule has 192 valence electrons. The third-order valence-corrected chi connectivity index (χ3v) is 5.72. The Morgan fingerprint density at radius 1 is 1.03 bits per heavy atom. The molecule has 1 aromatic heterocycles. The molecule has 0 spiro atoms. The molecule has 0 unspecified atom stereocenters. The van der Waals surface area contributed by atoms with E-state index in [0.29, 0.717) is 40.4 Å². The summed E-state index contributed by atoms with van der Waals surface area (Å²) in [6.07, 6.45) is 1.82. The molecule has 36 heavy (non-hydrogen) atoms. The van der Waals surface area contributed by atoms with Crippen LogP contribution in [-0.4, -0.2) is 53.6 Å². The maximum atomic E-state index is 13.1. The van der Waals surface area contributed by atoms with E-state index in [2.05, 4.69) is 10.3 Å². The SMILES string of the molecule is COc1ccc(-n2cc(-c3ccc(Cl)cc3)nc2NC(=O)CN(CC(C)C)C(=O)C(C)C)cc1OC. The highest BCUT2D eigenvalue weighted by Crippen LogP contribution is 2.32. The van der Waals surface area contributed by atoms with Crippen molar-refractivity contribution in [2.45, 2.75) is 27.7 Å². The van der Waals surface area contributed by atoms with Crippen LogP contribution in [0.1, 0.15) is 27.7 Å².